The maximum atomic E-state index is 12.2. The highest BCUT2D eigenvalue weighted by Crippen LogP contribution is 2.25. The van der Waals surface area contributed by atoms with Crippen LogP contribution in [-0.2, 0) is 19.1 Å². The Labute approximate surface area is 84.3 Å². The third-order valence-corrected chi connectivity index (χ3v) is 1.33. The number of halogens is 3. The molecule has 0 bridgehead atoms. The molecule has 0 radical (unpaired) electrons. The summed E-state index contributed by atoms with van der Waals surface area (Å²) in [6.45, 7) is 2.28. The summed E-state index contributed by atoms with van der Waals surface area (Å²) in [6.07, 6.45) is -8.22. The molecule has 0 spiro atoms. The third kappa shape index (κ3) is 5.92. The molecule has 0 heterocycles. The highest BCUT2D eigenvalue weighted by molar-refractivity contribution is 5.71. The number of rotatable bonds is 4. The van der Waals surface area contributed by atoms with Crippen molar-refractivity contribution in [2.24, 2.45) is 0 Å². The van der Waals surface area contributed by atoms with Gasteiger partial charge in [-0.05, 0) is 6.92 Å². The first kappa shape index (κ1) is 13.7. The zero-order valence-electron chi connectivity index (χ0n) is 8.26. The fraction of sp³-hybridized carbons (Fsp3) is 0.750. The lowest BCUT2D eigenvalue weighted by atomic mass is 10.2. The van der Waals surface area contributed by atoms with Crippen LogP contribution in [0.4, 0.5) is 13.2 Å². The summed E-state index contributed by atoms with van der Waals surface area (Å²) < 4.78 is 44.9. The standard InChI is InChI=1S/C8H11F3O4/c1-3-14-7(13)4-6(8(9,10)11)15-5(2)12/h6H,3-4H2,1-2H3. The largest absolute Gasteiger partial charge is 0.466 e. The Balaban J connectivity index is 4.38. The lowest BCUT2D eigenvalue weighted by Crippen LogP contribution is -2.35. The highest BCUT2D eigenvalue weighted by atomic mass is 19.4. The van der Waals surface area contributed by atoms with Crippen molar-refractivity contribution < 1.29 is 32.2 Å². The summed E-state index contributed by atoms with van der Waals surface area (Å²) in [5, 5.41) is 0. The molecule has 0 N–H and O–H groups in total. The van der Waals surface area contributed by atoms with Crippen molar-refractivity contribution in [1.82, 2.24) is 0 Å². The molecule has 0 saturated carbocycles. The van der Waals surface area contributed by atoms with Crippen LogP contribution in [0.25, 0.3) is 0 Å². The van der Waals surface area contributed by atoms with Gasteiger partial charge in [0, 0.05) is 6.92 Å². The second kappa shape index (κ2) is 5.57. The van der Waals surface area contributed by atoms with Gasteiger partial charge in [0.1, 0.15) is 0 Å². The van der Waals surface area contributed by atoms with Gasteiger partial charge >= 0.3 is 18.1 Å². The zero-order valence-corrected chi connectivity index (χ0v) is 8.26. The van der Waals surface area contributed by atoms with E-state index in [1.54, 1.807) is 0 Å². The SMILES string of the molecule is CCOC(=O)CC(OC(C)=O)C(F)(F)F. The molecule has 0 saturated heterocycles. The second-order valence-electron chi connectivity index (χ2n) is 2.65. The molecule has 0 aromatic rings. The fourth-order valence-electron chi connectivity index (χ4n) is 0.796. The first-order chi connectivity index (χ1) is 6.77. The van der Waals surface area contributed by atoms with E-state index < -0.39 is 30.6 Å². The van der Waals surface area contributed by atoms with Crippen molar-refractivity contribution in [3.8, 4) is 0 Å². The number of carbonyl (C=O) groups is 2. The second-order valence-corrected chi connectivity index (χ2v) is 2.65. The Morgan fingerprint density at radius 1 is 1.33 bits per heavy atom. The molecule has 88 valence electrons. The number of alkyl halides is 3. The average molecular weight is 228 g/mol. The molecule has 4 nitrogen and oxygen atoms in total. The van der Waals surface area contributed by atoms with Gasteiger partial charge in [-0.25, -0.2) is 0 Å². The monoisotopic (exact) mass is 228 g/mol. The first-order valence-electron chi connectivity index (χ1n) is 4.17. The summed E-state index contributed by atoms with van der Waals surface area (Å²) in [5.41, 5.74) is 0. The molecular weight excluding hydrogens is 217 g/mol. The van der Waals surface area contributed by atoms with Crippen LogP contribution in [0.5, 0.6) is 0 Å². The van der Waals surface area contributed by atoms with Crippen LogP contribution in [0, 0.1) is 0 Å². The van der Waals surface area contributed by atoms with Gasteiger partial charge in [0.15, 0.2) is 0 Å². The molecule has 0 aromatic carbocycles. The Bertz CT molecular complexity index is 237. The maximum absolute atomic E-state index is 12.2. The van der Waals surface area contributed by atoms with Gasteiger partial charge in [0.25, 0.3) is 0 Å². The smallest absolute Gasteiger partial charge is 0.426 e. The fourth-order valence-corrected chi connectivity index (χ4v) is 0.796. The number of hydrogen-bond acceptors (Lipinski definition) is 4. The van der Waals surface area contributed by atoms with E-state index in [1.165, 1.54) is 6.92 Å². The van der Waals surface area contributed by atoms with E-state index in [9.17, 15) is 22.8 Å². The van der Waals surface area contributed by atoms with E-state index in [-0.39, 0.29) is 6.61 Å². The Morgan fingerprint density at radius 3 is 2.20 bits per heavy atom. The Kier molecular flexibility index (Phi) is 5.10. The molecule has 0 fully saturated rings. The van der Waals surface area contributed by atoms with E-state index >= 15 is 0 Å². The molecule has 15 heavy (non-hydrogen) atoms. The normalized spacial score (nSPS) is 13.1. The molecule has 0 aliphatic carbocycles. The Morgan fingerprint density at radius 2 is 1.87 bits per heavy atom. The molecule has 0 amide bonds. The summed E-state index contributed by atoms with van der Waals surface area (Å²) in [6, 6.07) is 0. The van der Waals surface area contributed by atoms with Crippen LogP contribution in [0.2, 0.25) is 0 Å². The predicted molar refractivity (Wildman–Crippen MR) is 42.9 cm³/mol. The van der Waals surface area contributed by atoms with E-state index in [4.69, 9.17) is 0 Å². The number of carbonyl (C=O) groups excluding carboxylic acids is 2. The summed E-state index contributed by atoms with van der Waals surface area (Å²) in [5.74, 6) is -2.15. The van der Waals surface area contributed by atoms with Crippen molar-refractivity contribution in [2.75, 3.05) is 6.61 Å². The van der Waals surface area contributed by atoms with Crippen LogP contribution in [0.3, 0.4) is 0 Å². The Hall–Kier alpha value is -1.27. The topological polar surface area (TPSA) is 52.6 Å². The zero-order chi connectivity index (χ0) is 12.1. The lowest BCUT2D eigenvalue weighted by molar-refractivity contribution is -0.223. The van der Waals surface area contributed by atoms with Gasteiger partial charge in [-0.15, -0.1) is 0 Å². The van der Waals surface area contributed by atoms with Gasteiger partial charge in [0.2, 0.25) is 6.10 Å². The van der Waals surface area contributed by atoms with E-state index in [2.05, 4.69) is 9.47 Å². The van der Waals surface area contributed by atoms with E-state index in [1.807, 2.05) is 0 Å². The summed E-state index contributed by atoms with van der Waals surface area (Å²) >= 11 is 0. The molecule has 0 rings (SSSR count). The number of hydrogen-bond donors (Lipinski definition) is 0. The molecule has 1 unspecified atom stereocenters. The van der Waals surface area contributed by atoms with Crippen molar-refractivity contribution in [1.29, 1.82) is 0 Å². The van der Waals surface area contributed by atoms with Gasteiger partial charge in [0.05, 0.1) is 13.0 Å². The van der Waals surface area contributed by atoms with Crippen molar-refractivity contribution in [3.05, 3.63) is 0 Å². The molecule has 0 aliphatic heterocycles. The van der Waals surface area contributed by atoms with Crippen molar-refractivity contribution in [3.63, 3.8) is 0 Å². The molecule has 0 aromatic heterocycles. The van der Waals surface area contributed by atoms with E-state index in [0.717, 1.165) is 6.92 Å². The molecule has 1 atom stereocenters. The minimum Gasteiger partial charge on any atom is -0.466 e. The maximum Gasteiger partial charge on any atom is 0.426 e. The van der Waals surface area contributed by atoms with Gasteiger partial charge < -0.3 is 9.47 Å². The minimum atomic E-state index is -4.77. The predicted octanol–water partition coefficient (Wildman–Crippen LogP) is 1.43. The van der Waals surface area contributed by atoms with Crippen LogP contribution >= 0.6 is 0 Å². The molecular formula is C8H11F3O4. The molecule has 0 aliphatic rings. The third-order valence-electron chi connectivity index (χ3n) is 1.33. The number of esters is 2. The minimum absolute atomic E-state index is 0.0243. The van der Waals surface area contributed by atoms with Crippen LogP contribution in [0.15, 0.2) is 0 Å². The van der Waals surface area contributed by atoms with Crippen LogP contribution < -0.4 is 0 Å². The van der Waals surface area contributed by atoms with Crippen LogP contribution in [-0.4, -0.2) is 30.8 Å². The highest BCUT2D eigenvalue weighted by Gasteiger charge is 2.44. The van der Waals surface area contributed by atoms with Gasteiger partial charge in [-0.1, -0.05) is 0 Å². The lowest BCUT2D eigenvalue weighted by Gasteiger charge is -2.18. The number of ether oxygens (including phenoxy) is 2. The summed E-state index contributed by atoms with van der Waals surface area (Å²) in [4.78, 5) is 21.1. The van der Waals surface area contributed by atoms with Crippen molar-refractivity contribution in [2.45, 2.75) is 32.5 Å². The average Bonchev–Trinajstić information content (AvgIpc) is 2.00. The van der Waals surface area contributed by atoms with Gasteiger partial charge in [-0.2, -0.15) is 13.2 Å². The first-order valence-corrected chi connectivity index (χ1v) is 4.17. The summed E-state index contributed by atoms with van der Waals surface area (Å²) in [7, 11) is 0. The van der Waals surface area contributed by atoms with Crippen LogP contribution in [0.1, 0.15) is 20.3 Å². The molecule has 7 heteroatoms. The quantitative estimate of drug-likeness (QED) is 0.683. The van der Waals surface area contributed by atoms with E-state index in [0.29, 0.717) is 0 Å². The van der Waals surface area contributed by atoms with Crippen molar-refractivity contribution >= 4 is 11.9 Å². The van der Waals surface area contributed by atoms with Gasteiger partial charge in [-0.3, -0.25) is 9.59 Å².